The Morgan fingerprint density at radius 2 is 1.29 bits per heavy atom. The van der Waals surface area contributed by atoms with Gasteiger partial charge in [0.05, 0.1) is 37.8 Å². The number of primary amides is 2. The maximum Gasteiger partial charge on any atom is 0.303 e. The average molecular weight is 607 g/mol. The monoisotopic (exact) mass is 606 g/mol. The summed E-state index contributed by atoms with van der Waals surface area (Å²) in [6.07, 6.45) is -4.41. The third kappa shape index (κ3) is 13.8. The first kappa shape index (κ1) is 37.6. The van der Waals surface area contributed by atoms with Crippen LogP contribution in [0.2, 0.25) is 0 Å². The van der Waals surface area contributed by atoms with Crippen molar-refractivity contribution in [2.45, 2.75) is 75.5 Å². The molecule has 0 aliphatic heterocycles. The third-order valence-electron chi connectivity index (χ3n) is 5.45. The molecule has 0 aromatic heterocycles. The van der Waals surface area contributed by atoms with E-state index in [9.17, 15) is 53.7 Å². The SMILES string of the molecule is C[C@@H](O)[C@H](NC(=O)[C@@H](NC(=O)CNC(=O)[C@H](CO)NC(=O)[C@H](CC(N)=O)NC(=O)[C@@H](N)CCC(=O)O)[C@@H](C)O)C(N)=O. The Morgan fingerprint density at radius 1 is 0.738 bits per heavy atom. The van der Waals surface area contributed by atoms with Crippen molar-refractivity contribution >= 4 is 47.3 Å². The summed E-state index contributed by atoms with van der Waals surface area (Å²) in [7, 11) is 0. The molecule has 0 spiro atoms. The molecule has 0 aromatic rings. The largest absolute Gasteiger partial charge is 0.481 e. The molecule has 238 valence electrons. The van der Waals surface area contributed by atoms with Crippen molar-refractivity contribution in [3.05, 3.63) is 0 Å². The standard InChI is InChI=1S/C22H38N8O12/c1-8(32)16(18(25)38)30-22(42)17(9(2)33)29-14(35)6-26-20(40)12(7-31)28-21(41)11(5-13(24)34)27-19(39)10(23)3-4-15(36)37/h8-12,16-17,31-33H,3-7,23H2,1-2H3,(H2,24,34)(H2,25,38)(H,26,40)(H,27,39)(H,28,41)(H,29,35)(H,30,42)(H,36,37)/t8-,9-,10+,11+,12+,16+,17+/m1/s1. The summed E-state index contributed by atoms with van der Waals surface area (Å²) in [5.41, 5.74) is 15.8. The number of nitrogens with two attached hydrogens (primary N) is 3. The van der Waals surface area contributed by atoms with Crippen LogP contribution in [0.3, 0.4) is 0 Å². The van der Waals surface area contributed by atoms with Crippen molar-refractivity contribution < 1.29 is 58.8 Å². The normalized spacial score (nSPS) is 15.8. The molecule has 20 nitrogen and oxygen atoms in total. The number of aliphatic carboxylic acids is 1. The summed E-state index contributed by atoms with van der Waals surface area (Å²) in [5, 5.41) is 48.1. The molecule has 0 aromatic carbocycles. The van der Waals surface area contributed by atoms with Crippen LogP contribution in [0, 0.1) is 0 Å². The molecule has 0 saturated heterocycles. The number of rotatable bonds is 19. The van der Waals surface area contributed by atoms with E-state index in [0.29, 0.717) is 0 Å². The Morgan fingerprint density at radius 3 is 1.74 bits per heavy atom. The fraction of sp³-hybridized carbons (Fsp3) is 0.636. The molecule has 0 rings (SSSR count). The highest BCUT2D eigenvalue weighted by Crippen LogP contribution is 2.01. The number of nitrogens with one attached hydrogen (secondary N) is 5. The van der Waals surface area contributed by atoms with Gasteiger partial charge in [0.25, 0.3) is 0 Å². The van der Waals surface area contributed by atoms with Crippen LogP contribution in [0.5, 0.6) is 0 Å². The summed E-state index contributed by atoms with van der Waals surface area (Å²) in [5.74, 6) is -8.74. The maximum absolute atomic E-state index is 12.6. The number of hydrogen-bond acceptors (Lipinski definition) is 12. The molecule has 0 radical (unpaired) electrons. The first-order chi connectivity index (χ1) is 19.4. The van der Waals surface area contributed by atoms with Crippen molar-refractivity contribution in [2.75, 3.05) is 13.2 Å². The molecule has 0 heterocycles. The minimum absolute atomic E-state index is 0.292. The zero-order valence-electron chi connectivity index (χ0n) is 22.9. The van der Waals surface area contributed by atoms with E-state index in [-0.39, 0.29) is 6.42 Å². The van der Waals surface area contributed by atoms with Crippen LogP contribution in [0.15, 0.2) is 0 Å². The lowest BCUT2D eigenvalue weighted by Gasteiger charge is -2.25. The van der Waals surface area contributed by atoms with Crippen molar-refractivity contribution in [3.8, 4) is 0 Å². The first-order valence-corrected chi connectivity index (χ1v) is 12.4. The van der Waals surface area contributed by atoms with Crippen molar-refractivity contribution in [1.82, 2.24) is 26.6 Å². The summed E-state index contributed by atoms with van der Waals surface area (Å²) < 4.78 is 0. The summed E-state index contributed by atoms with van der Waals surface area (Å²) in [4.78, 5) is 95.5. The Kier molecular flexibility index (Phi) is 16.2. The van der Waals surface area contributed by atoms with E-state index in [1.165, 1.54) is 6.92 Å². The van der Waals surface area contributed by atoms with Gasteiger partial charge in [0.15, 0.2) is 0 Å². The Bertz CT molecular complexity index is 1020. The highest BCUT2D eigenvalue weighted by atomic mass is 16.4. The van der Waals surface area contributed by atoms with Crippen molar-refractivity contribution in [1.29, 1.82) is 0 Å². The number of aliphatic hydroxyl groups is 3. The van der Waals surface area contributed by atoms with Crippen LogP contribution in [0.25, 0.3) is 0 Å². The van der Waals surface area contributed by atoms with Gasteiger partial charge in [-0.3, -0.25) is 38.4 Å². The zero-order chi connectivity index (χ0) is 32.7. The molecular weight excluding hydrogens is 568 g/mol. The topological polar surface area (TPSA) is 356 Å². The second-order valence-corrected chi connectivity index (χ2v) is 9.15. The molecule has 0 saturated carbocycles. The Hall–Kier alpha value is -4.40. The number of amides is 7. The fourth-order valence-electron chi connectivity index (χ4n) is 3.16. The Balaban J connectivity index is 5.26. The zero-order valence-corrected chi connectivity index (χ0v) is 22.9. The number of hydrogen-bond donors (Lipinski definition) is 12. The molecule has 0 unspecified atom stereocenters. The molecule has 0 aliphatic carbocycles. The molecule has 0 bridgehead atoms. The van der Waals surface area contributed by atoms with Gasteiger partial charge in [-0.1, -0.05) is 0 Å². The quantitative estimate of drug-likeness (QED) is 0.0650. The second kappa shape index (κ2) is 18.1. The first-order valence-electron chi connectivity index (χ1n) is 12.4. The molecule has 0 fully saturated rings. The lowest BCUT2D eigenvalue weighted by atomic mass is 10.1. The smallest absolute Gasteiger partial charge is 0.303 e. The van der Waals surface area contributed by atoms with E-state index in [1.807, 2.05) is 5.32 Å². The van der Waals surface area contributed by atoms with E-state index in [4.69, 9.17) is 22.3 Å². The number of carbonyl (C=O) groups is 8. The van der Waals surface area contributed by atoms with E-state index in [0.717, 1.165) is 6.92 Å². The van der Waals surface area contributed by atoms with Gasteiger partial charge in [0, 0.05) is 6.42 Å². The number of carbonyl (C=O) groups excluding carboxylic acids is 7. The average Bonchev–Trinajstić information content (AvgIpc) is 2.88. The summed E-state index contributed by atoms with van der Waals surface area (Å²) in [6.45, 7) is 0.444. The van der Waals surface area contributed by atoms with Crippen LogP contribution < -0.4 is 43.8 Å². The van der Waals surface area contributed by atoms with E-state index in [1.54, 1.807) is 0 Å². The maximum atomic E-state index is 12.6. The lowest BCUT2D eigenvalue weighted by molar-refractivity contribution is -0.137. The number of aliphatic hydroxyl groups excluding tert-OH is 3. The minimum atomic E-state index is -1.71. The fourth-order valence-corrected chi connectivity index (χ4v) is 3.16. The van der Waals surface area contributed by atoms with Gasteiger partial charge in [-0.05, 0) is 20.3 Å². The summed E-state index contributed by atoms with van der Waals surface area (Å²) >= 11 is 0. The molecule has 42 heavy (non-hydrogen) atoms. The van der Waals surface area contributed by atoms with Crippen LogP contribution in [-0.4, -0.2) is 123 Å². The molecule has 7 atom stereocenters. The van der Waals surface area contributed by atoms with Gasteiger partial charge in [-0.2, -0.15) is 0 Å². The van der Waals surface area contributed by atoms with Gasteiger partial charge in [-0.15, -0.1) is 0 Å². The highest BCUT2D eigenvalue weighted by molar-refractivity contribution is 5.97. The van der Waals surface area contributed by atoms with Gasteiger partial charge in [0.2, 0.25) is 41.4 Å². The van der Waals surface area contributed by atoms with Crippen LogP contribution in [0.4, 0.5) is 0 Å². The van der Waals surface area contributed by atoms with E-state index in [2.05, 4.69) is 21.3 Å². The molecular formula is C22H38N8O12. The van der Waals surface area contributed by atoms with Gasteiger partial charge < -0.3 is 64.2 Å². The highest BCUT2D eigenvalue weighted by Gasteiger charge is 2.32. The molecule has 15 N–H and O–H groups in total. The predicted octanol–water partition coefficient (Wildman–Crippen LogP) is -7.65. The Labute approximate surface area is 239 Å². The lowest BCUT2D eigenvalue weighted by Crippen LogP contribution is -2.60. The molecule has 0 aliphatic rings. The summed E-state index contributed by atoms with van der Waals surface area (Å²) in [6, 6.07) is -7.92. The van der Waals surface area contributed by atoms with Crippen LogP contribution in [0.1, 0.15) is 33.1 Å². The van der Waals surface area contributed by atoms with E-state index < -0.39 is 116 Å². The van der Waals surface area contributed by atoms with Crippen LogP contribution in [-0.2, 0) is 38.4 Å². The predicted molar refractivity (Wildman–Crippen MR) is 139 cm³/mol. The van der Waals surface area contributed by atoms with Crippen molar-refractivity contribution in [3.63, 3.8) is 0 Å². The van der Waals surface area contributed by atoms with Gasteiger partial charge >= 0.3 is 5.97 Å². The van der Waals surface area contributed by atoms with Gasteiger partial charge in [-0.25, -0.2) is 0 Å². The second-order valence-electron chi connectivity index (χ2n) is 9.15. The van der Waals surface area contributed by atoms with Gasteiger partial charge in [0.1, 0.15) is 24.2 Å². The minimum Gasteiger partial charge on any atom is -0.481 e. The molecule has 7 amide bonds. The third-order valence-corrected chi connectivity index (χ3v) is 5.45. The van der Waals surface area contributed by atoms with Crippen molar-refractivity contribution in [2.24, 2.45) is 17.2 Å². The number of carboxylic acids is 1. The number of carboxylic acid groups (broad SMARTS) is 1. The van der Waals surface area contributed by atoms with Crippen LogP contribution >= 0.6 is 0 Å². The van der Waals surface area contributed by atoms with E-state index >= 15 is 0 Å². The molecule has 20 heteroatoms.